The van der Waals surface area contributed by atoms with E-state index in [2.05, 4.69) is 9.97 Å². The average Bonchev–Trinajstić information content (AvgIpc) is 2.53. The molecular formula is C17H18ClN3O4. The van der Waals surface area contributed by atoms with Gasteiger partial charge in [-0.1, -0.05) is 29.8 Å². The van der Waals surface area contributed by atoms with Crippen LogP contribution in [0, 0.1) is 11.8 Å². The Balaban J connectivity index is 1.42. The molecule has 3 rings (SSSR count). The smallest absolute Gasteiger partial charge is 0.338 e. The molecule has 0 spiro atoms. The van der Waals surface area contributed by atoms with Crippen molar-refractivity contribution in [1.29, 1.82) is 0 Å². The fourth-order valence-electron chi connectivity index (χ4n) is 2.70. The minimum Gasteiger partial charge on any atom is -0.462 e. The summed E-state index contributed by atoms with van der Waals surface area (Å²) in [5.41, 5.74) is 6.01. The Morgan fingerprint density at radius 1 is 1.32 bits per heavy atom. The van der Waals surface area contributed by atoms with E-state index < -0.39 is 6.29 Å². The Morgan fingerprint density at radius 2 is 2.04 bits per heavy atom. The number of hydrogen-bond donors (Lipinski definition) is 2. The lowest BCUT2D eigenvalue weighted by atomic mass is 9.75. The largest absolute Gasteiger partial charge is 0.462 e. The van der Waals surface area contributed by atoms with Gasteiger partial charge in [-0.25, -0.2) is 9.78 Å². The van der Waals surface area contributed by atoms with E-state index in [0.717, 1.165) is 0 Å². The van der Waals surface area contributed by atoms with E-state index in [1.165, 1.54) is 6.07 Å². The first-order valence-corrected chi connectivity index (χ1v) is 8.26. The van der Waals surface area contributed by atoms with E-state index in [0.29, 0.717) is 25.0 Å². The summed E-state index contributed by atoms with van der Waals surface area (Å²) in [6.45, 7) is 0.323. The Kier molecular flexibility index (Phi) is 5.35. The van der Waals surface area contributed by atoms with Crippen LogP contribution in [-0.4, -0.2) is 33.9 Å². The first-order valence-electron chi connectivity index (χ1n) is 7.88. The zero-order chi connectivity index (χ0) is 17.8. The van der Waals surface area contributed by atoms with Gasteiger partial charge in [-0.2, -0.15) is 4.98 Å². The molecule has 8 heteroatoms. The third-order valence-electron chi connectivity index (χ3n) is 4.07. The van der Waals surface area contributed by atoms with E-state index in [4.69, 9.17) is 26.8 Å². The summed E-state index contributed by atoms with van der Waals surface area (Å²) in [5.74, 6) is -0.0877. The summed E-state index contributed by atoms with van der Waals surface area (Å²) >= 11 is 5.76. The molecular weight excluding hydrogens is 346 g/mol. The minimum absolute atomic E-state index is 0.0194. The van der Waals surface area contributed by atoms with E-state index in [9.17, 15) is 9.90 Å². The van der Waals surface area contributed by atoms with Crippen LogP contribution < -0.4 is 10.5 Å². The molecule has 0 amide bonds. The second-order valence-corrected chi connectivity index (χ2v) is 6.34. The predicted octanol–water partition coefficient (Wildman–Crippen LogP) is 2.29. The van der Waals surface area contributed by atoms with Gasteiger partial charge in [0.25, 0.3) is 0 Å². The Bertz CT molecular complexity index is 718. The highest BCUT2D eigenvalue weighted by molar-refractivity contribution is 6.29. The van der Waals surface area contributed by atoms with E-state index in [1.54, 1.807) is 24.3 Å². The summed E-state index contributed by atoms with van der Waals surface area (Å²) in [4.78, 5) is 19.5. The van der Waals surface area contributed by atoms with E-state index >= 15 is 0 Å². The van der Waals surface area contributed by atoms with Gasteiger partial charge in [-0.15, -0.1) is 0 Å². The van der Waals surface area contributed by atoms with Crippen LogP contribution in [0.2, 0.25) is 5.15 Å². The number of esters is 1. The molecule has 25 heavy (non-hydrogen) atoms. The molecule has 7 nitrogen and oxygen atoms in total. The highest BCUT2D eigenvalue weighted by atomic mass is 35.5. The fourth-order valence-corrected chi connectivity index (χ4v) is 2.88. The van der Waals surface area contributed by atoms with Crippen molar-refractivity contribution >= 4 is 23.5 Å². The second-order valence-electron chi connectivity index (χ2n) is 5.96. The SMILES string of the molecule is Nc1nc(Cl)cc(OC(O)C2CC(COC(=O)c3ccccc3)C2)n1. The molecule has 1 heterocycles. The first-order chi connectivity index (χ1) is 12.0. The molecule has 1 fully saturated rings. The molecule has 132 valence electrons. The quantitative estimate of drug-likeness (QED) is 0.460. The number of aliphatic hydroxyl groups excluding tert-OH is 1. The van der Waals surface area contributed by atoms with Gasteiger partial charge < -0.3 is 20.3 Å². The molecule has 1 aromatic carbocycles. The van der Waals surface area contributed by atoms with Gasteiger partial charge in [0.05, 0.1) is 12.2 Å². The first kappa shape index (κ1) is 17.4. The third-order valence-corrected chi connectivity index (χ3v) is 4.26. The maximum absolute atomic E-state index is 11.9. The number of aromatic nitrogens is 2. The van der Waals surface area contributed by atoms with Crippen molar-refractivity contribution in [1.82, 2.24) is 9.97 Å². The topological polar surface area (TPSA) is 108 Å². The van der Waals surface area contributed by atoms with Crippen LogP contribution in [0.3, 0.4) is 0 Å². The number of aliphatic hydroxyl groups is 1. The molecule has 2 aromatic rings. The van der Waals surface area contributed by atoms with Gasteiger partial charge in [0.2, 0.25) is 18.1 Å². The number of benzene rings is 1. The van der Waals surface area contributed by atoms with Gasteiger partial charge in [-0.3, -0.25) is 0 Å². The average molecular weight is 364 g/mol. The van der Waals surface area contributed by atoms with Crippen molar-refractivity contribution in [2.24, 2.45) is 11.8 Å². The van der Waals surface area contributed by atoms with Gasteiger partial charge in [0, 0.05) is 12.0 Å². The molecule has 0 radical (unpaired) electrons. The molecule has 1 saturated carbocycles. The van der Waals surface area contributed by atoms with Crippen LogP contribution in [-0.2, 0) is 4.74 Å². The number of rotatable bonds is 6. The van der Waals surface area contributed by atoms with Crippen molar-refractivity contribution in [2.45, 2.75) is 19.1 Å². The standard InChI is InChI=1S/C17H18ClN3O4/c18-13-8-14(21-17(19)20-13)25-16(23)12-6-10(7-12)9-24-15(22)11-4-2-1-3-5-11/h1-5,8,10,12,16,23H,6-7,9H2,(H2,19,20,21). The molecule has 0 saturated heterocycles. The summed E-state index contributed by atoms with van der Waals surface area (Å²) < 4.78 is 10.6. The van der Waals surface area contributed by atoms with Crippen LogP contribution in [0.15, 0.2) is 36.4 Å². The summed E-state index contributed by atoms with van der Waals surface area (Å²) in [6.07, 6.45) is 0.362. The maximum atomic E-state index is 11.9. The number of halogens is 1. The van der Waals surface area contributed by atoms with Crippen LogP contribution >= 0.6 is 11.6 Å². The van der Waals surface area contributed by atoms with Crippen LogP contribution in [0.1, 0.15) is 23.2 Å². The highest BCUT2D eigenvalue weighted by Gasteiger charge is 2.36. The fraction of sp³-hybridized carbons (Fsp3) is 0.353. The molecule has 1 aliphatic carbocycles. The summed E-state index contributed by atoms with van der Waals surface area (Å²) in [6, 6.07) is 10.2. The number of nitrogen functional groups attached to an aromatic ring is 1. The second kappa shape index (κ2) is 7.67. The van der Waals surface area contributed by atoms with Gasteiger partial charge in [0.15, 0.2) is 0 Å². The third kappa shape index (κ3) is 4.58. The highest BCUT2D eigenvalue weighted by Crippen LogP contribution is 2.37. The molecule has 1 unspecified atom stereocenters. The summed E-state index contributed by atoms with van der Waals surface area (Å²) in [5, 5.41) is 10.3. The predicted molar refractivity (Wildman–Crippen MR) is 91.0 cm³/mol. The maximum Gasteiger partial charge on any atom is 0.338 e. The van der Waals surface area contributed by atoms with E-state index in [1.807, 2.05) is 6.07 Å². The van der Waals surface area contributed by atoms with E-state index in [-0.39, 0.29) is 34.8 Å². The van der Waals surface area contributed by atoms with Gasteiger partial charge in [0.1, 0.15) is 5.15 Å². The lowest BCUT2D eigenvalue weighted by molar-refractivity contribution is -0.109. The number of anilines is 1. The van der Waals surface area contributed by atoms with Crippen LogP contribution in [0.5, 0.6) is 5.88 Å². The Hall–Kier alpha value is -2.38. The number of nitrogens with zero attached hydrogens (tertiary/aromatic N) is 2. The van der Waals surface area contributed by atoms with Gasteiger partial charge in [-0.05, 0) is 30.9 Å². The number of ether oxygens (including phenoxy) is 2. The molecule has 0 aliphatic heterocycles. The lowest BCUT2D eigenvalue weighted by Gasteiger charge is -2.37. The van der Waals surface area contributed by atoms with Crippen molar-refractivity contribution in [3.8, 4) is 5.88 Å². The number of carbonyl (C=O) groups is 1. The molecule has 3 N–H and O–H groups in total. The molecule has 1 atom stereocenters. The number of nitrogens with two attached hydrogens (primary N) is 1. The zero-order valence-corrected chi connectivity index (χ0v) is 14.1. The lowest BCUT2D eigenvalue weighted by Crippen LogP contribution is -2.39. The monoisotopic (exact) mass is 363 g/mol. The summed E-state index contributed by atoms with van der Waals surface area (Å²) in [7, 11) is 0. The zero-order valence-electron chi connectivity index (χ0n) is 13.3. The van der Waals surface area contributed by atoms with Crippen molar-refractivity contribution in [2.75, 3.05) is 12.3 Å². The number of hydrogen-bond acceptors (Lipinski definition) is 7. The van der Waals surface area contributed by atoms with Crippen molar-refractivity contribution in [3.05, 3.63) is 47.1 Å². The van der Waals surface area contributed by atoms with Crippen molar-refractivity contribution in [3.63, 3.8) is 0 Å². The Morgan fingerprint density at radius 3 is 2.72 bits per heavy atom. The normalized spacial score (nSPS) is 20.4. The number of carbonyl (C=O) groups excluding carboxylic acids is 1. The minimum atomic E-state index is -1.02. The Labute approximate surface area is 149 Å². The van der Waals surface area contributed by atoms with Crippen LogP contribution in [0.4, 0.5) is 5.95 Å². The molecule has 0 bridgehead atoms. The molecule has 1 aromatic heterocycles. The van der Waals surface area contributed by atoms with Crippen molar-refractivity contribution < 1.29 is 19.4 Å². The molecule has 1 aliphatic rings. The van der Waals surface area contributed by atoms with Gasteiger partial charge >= 0.3 is 5.97 Å². The van der Waals surface area contributed by atoms with Crippen LogP contribution in [0.25, 0.3) is 0 Å².